The molecule has 8 heteroatoms. The number of hydrogen-bond donors (Lipinski definition) is 2. The molecule has 5 amide bonds. The van der Waals surface area contributed by atoms with Gasteiger partial charge < -0.3 is 15.5 Å². The Bertz CT molecular complexity index is 1320. The van der Waals surface area contributed by atoms with Crippen LogP contribution in [0.3, 0.4) is 0 Å². The molecule has 2 saturated heterocycles. The summed E-state index contributed by atoms with van der Waals surface area (Å²) in [5.74, 6) is -0.883. The molecule has 2 heterocycles. The van der Waals surface area contributed by atoms with E-state index in [9.17, 15) is 19.2 Å². The van der Waals surface area contributed by atoms with Crippen LogP contribution in [0.1, 0.15) is 25.3 Å². The van der Waals surface area contributed by atoms with Gasteiger partial charge in [-0.3, -0.25) is 19.3 Å². The summed E-state index contributed by atoms with van der Waals surface area (Å²) in [6, 6.07) is 19.7. The molecule has 3 aromatic carbocycles. The van der Waals surface area contributed by atoms with Crippen LogP contribution in [0.25, 0.3) is 10.8 Å². The van der Waals surface area contributed by atoms with Gasteiger partial charge in [0.1, 0.15) is 12.1 Å². The normalized spacial score (nSPS) is 20.2. The Kier molecular flexibility index (Phi) is 5.28. The molecule has 0 spiro atoms. The van der Waals surface area contributed by atoms with Gasteiger partial charge in [-0.1, -0.05) is 36.4 Å². The van der Waals surface area contributed by atoms with Gasteiger partial charge in [-0.05, 0) is 60.0 Å². The first-order chi connectivity index (χ1) is 16.3. The van der Waals surface area contributed by atoms with Crippen molar-refractivity contribution in [1.29, 1.82) is 0 Å². The topological polar surface area (TPSA) is 98.8 Å². The number of benzene rings is 3. The summed E-state index contributed by atoms with van der Waals surface area (Å²) < 4.78 is 0. The molecule has 0 bridgehead atoms. The SMILES string of the molecule is C[C@]1(c2ccc3ccccc3c2)NC(=O)N(CC(=O)Nc2ccc(N3CCCC3=O)cc2)C1=O. The summed E-state index contributed by atoms with van der Waals surface area (Å²) in [5, 5.41) is 7.44. The number of urea groups is 1. The van der Waals surface area contributed by atoms with Crippen molar-refractivity contribution in [3.8, 4) is 0 Å². The number of fused-ring (bicyclic) bond motifs is 1. The number of imide groups is 1. The fourth-order valence-corrected chi connectivity index (χ4v) is 4.53. The molecule has 5 rings (SSSR count). The Balaban J connectivity index is 1.27. The Morgan fingerprint density at radius 1 is 1.00 bits per heavy atom. The fraction of sp³-hybridized carbons (Fsp3) is 0.231. The van der Waals surface area contributed by atoms with Crippen molar-refractivity contribution in [2.45, 2.75) is 25.3 Å². The molecule has 2 N–H and O–H groups in total. The van der Waals surface area contributed by atoms with E-state index < -0.39 is 29.9 Å². The largest absolute Gasteiger partial charge is 0.325 e. The van der Waals surface area contributed by atoms with Crippen molar-refractivity contribution in [2.75, 3.05) is 23.3 Å². The molecule has 172 valence electrons. The number of amides is 5. The van der Waals surface area contributed by atoms with Gasteiger partial charge in [-0.15, -0.1) is 0 Å². The highest BCUT2D eigenvalue weighted by molar-refractivity contribution is 6.10. The molecule has 34 heavy (non-hydrogen) atoms. The number of anilines is 2. The maximum Gasteiger partial charge on any atom is 0.325 e. The van der Waals surface area contributed by atoms with Gasteiger partial charge in [0.05, 0.1) is 0 Å². The van der Waals surface area contributed by atoms with E-state index in [1.165, 1.54) is 0 Å². The van der Waals surface area contributed by atoms with Gasteiger partial charge >= 0.3 is 6.03 Å². The van der Waals surface area contributed by atoms with Crippen LogP contribution in [0.4, 0.5) is 16.2 Å². The molecule has 0 radical (unpaired) electrons. The molecule has 3 aromatic rings. The van der Waals surface area contributed by atoms with Crippen LogP contribution in [-0.2, 0) is 19.9 Å². The van der Waals surface area contributed by atoms with Crippen molar-refractivity contribution in [3.05, 3.63) is 72.3 Å². The first-order valence-electron chi connectivity index (χ1n) is 11.2. The second-order valence-electron chi connectivity index (χ2n) is 8.75. The van der Waals surface area contributed by atoms with Crippen molar-refractivity contribution >= 4 is 45.9 Å². The minimum Gasteiger partial charge on any atom is -0.325 e. The standard InChI is InChI=1S/C26H24N4O4/c1-26(19-9-8-17-5-2-3-6-18(17)15-19)24(33)30(25(34)28-26)16-22(31)27-20-10-12-21(13-11-20)29-14-4-7-23(29)32/h2-3,5-6,8-13,15H,4,7,14,16H2,1H3,(H,27,31)(H,28,34)/t26-/m1/s1. The molecule has 0 unspecified atom stereocenters. The van der Waals surface area contributed by atoms with Crippen LogP contribution in [0.2, 0.25) is 0 Å². The molecule has 0 aliphatic carbocycles. The maximum atomic E-state index is 13.2. The van der Waals surface area contributed by atoms with Crippen LogP contribution in [0.15, 0.2) is 66.7 Å². The van der Waals surface area contributed by atoms with Crippen LogP contribution in [0, 0.1) is 0 Å². The lowest BCUT2D eigenvalue weighted by molar-refractivity contribution is -0.133. The average molecular weight is 457 g/mol. The highest BCUT2D eigenvalue weighted by Gasteiger charge is 2.49. The third-order valence-electron chi connectivity index (χ3n) is 6.44. The third kappa shape index (κ3) is 3.77. The highest BCUT2D eigenvalue weighted by atomic mass is 16.2. The van der Waals surface area contributed by atoms with Crippen LogP contribution in [0.5, 0.6) is 0 Å². The van der Waals surface area contributed by atoms with Crippen molar-refractivity contribution in [3.63, 3.8) is 0 Å². The predicted octanol–water partition coefficient (Wildman–Crippen LogP) is 3.37. The highest BCUT2D eigenvalue weighted by Crippen LogP contribution is 2.31. The van der Waals surface area contributed by atoms with Gasteiger partial charge in [0, 0.05) is 24.3 Å². The molecule has 0 aromatic heterocycles. The summed E-state index contributed by atoms with van der Waals surface area (Å²) >= 11 is 0. The van der Waals surface area contributed by atoms with Gasteiger partial charge in [0.25, 0.3) is 5.91 Å². The zero-order valence-electron chi connectivity index (χ0n) is 18.7. The number of nitrogens with zero attached hydrogens (tertiary/aromatic N) is 2. The van der Waals surface area contributed by atoms with Gasteiger partial charge in [-0.25, -0.2) is 4.79 Å². The zero-order chi connectivity index (χ0) is 23.9. The van der Waals surface area contributed by atoms with E-state index in [1.807, 2.05) is 42.5 Å². The minimum atomic E-state index is -1.26. The first-order valence-corrected chi connectivity index (χ1v) is 11.2. The van der Waals surface area contributed by atoms with E-state index in [4.69, 9.17) is 0 Å². The molecule has 2 aliphatic rings. The Morgan fingerprint density at radius 2 is 1.74 bits per heavy atom. The first kappa shape index (κ1) is 21.6. The van der Waals surface area contributed by atoms with Crippen molar-refractivity contribution < 1.29 is 19.2 Å². The third-order valence-corrected chi connectivity index (χ3v) is 6.44. The summed E-state index contributed by atoms with van der Waals surface area (Å²) in [5.41, 5.74) is 0.690. The monoisotopic (exact) mass is 456 g/mol. The van der Waals surface area contributed by atoms with Gasteiger partial charge in [-0.2, -0.15) is 0 Å². The Hall–Kier alpha value is -4.20. The summed E-state index contributed by atoms with van der Waals surface area (Å²) in [7, 11) is 0. The van der Waals surface area contributed by atoms with E-state index in [0.29, 0.717) is 24.2 Å². The molecule has 8 nitrogen and oxygen atoms in total. The lowest BCUT2D eigenvalue weighted by Crippen LogP contribution is -2.42. The van der Waals surface area contributed by atoms with Gasteiger partial charge in [0.2, 0.25) is 11.8 Å². The predicted molar refractivity (Wildman–Crippen MR) is 128 cm³/mol. The van der Waals surface area contributed by atoms with E-state index in [2.05, 4.69) is 10.6 Å². The van der Waals surface area contributed by atoms with Crippen LogP contribution < -0.4 is 15.5 Å². The quantitative estimate of drug-likeness (QED) is 0.575. The van der Waals surface area contributed by atoms with Crippen molar-refractivity contribution in [2.24, 2.45) is 0 Å². The lowest BCUT2D eigenvalue weighted by Gasteiger charge is -2.22. The average Bonchev–Trinajstić information content (AvgIpc) is 3.36. The number of carbonyl (C=O) groups is 4. The summed E-state index contributed by atoms with van der Waals surface area (Å²) in [6.45, 7) is 1.93. The summed E-state index contributed by atoms with van der Waals surface area (Å²) in [4.78, 5) is 53.0. The maximum absolute atomic E-state index is 13.2. The molecular weight excluding hydrogens is 432 g/mol. The van der Waals surface area contributed by atoms with Crippen LogP contribution in [-0.4, -0.2) is 41.7 Å². The molecule has 2 aliphatic heterocycles. The van der Waals surface area contributed by atoms with Gasteiger partial charge in [0.15, 0.2) is 0 Å². The Labute approximate surface area is 196 Å². The Morgan fingerprint density at radius 3 is 2.44 bits per heavy atom. The zero-order valence-corrected chi connectivity index (χ0v) is 18.7. The fourth-order valence-electron chi connectivity index (χ4n) is 4.53. The number of rotatable bonds is 5. The molecule has 2 fully saturated rings. The van der Waals surface area contributed by atoms with E-state index in [-0.39, 0.29) is 5.91 Å². The number of nitrogens with one attached hydrogen (secondary N) is 2. The summed E-state index contributed by atoms with van der Waals surface area (Å²) in [6.07, 6.45) is 1.38. The lowest BCUT2D eigenvalue weighted by atomic mass is 9.90. The van der Waals surface area contributed by atoms with E-state index >= 15 is 0 Å². The van der Waals surface area contributed by atoms with Crippen molar-refractivity contribution in [1.82, 2.24) is 10.2 Å². The number of carbonyl (C=O) groups excluding carboxylic acids is 4. The second kappa shape index (κ2) is 8.30. The van der Waals surface area contributed by atoms with E-state index in [1.54, 1.807) is 36.1 Å². The molecular formula is C26H24N4O4. The molecule has 1 atom stereocenters. The second-order valence-corrected chi connectivity index (χ2v) is 8.75. The smallest absolute Gasteiger partial charge is 0.325 e. The van der Waals surface area contributed by atoms with E-state index in [0.717, 1.165) is 27.8 Å². The molecule has 0 saturated carbocycles. The minimum absolute atomic E-state index is 0.0878. The number of hydrogen-bond acceptors (Lipinski definition) is 4. The van der Waals surface area contributed by atoms with Crippen LogP contribution >= 0.6 is 0 Å².